The molecular weight excluding hydrogens is 467 g/mol. The summed E-state index contributed by atoms with van der Waals surface area (Å²) in [6.07, 6.45) is -4.68. The van der Waals surface area contributed by atoms with Crippen LogP contribution in [-0.2, 0) is 15.7 Å². The second-order valence-electron chi connectivity index (χ2n) is 6.89. The number of nitrogens with zero attached hydrogens (tertiary/aromatic N) is 2. The van der Waals surface area contributed by atoms with Crippen LogP contribution in [0.4, 0.5) is 18.9 Å². The van der Waals surface area contributed by atoms with Crippen molar-refractivity contribution in [3.05, 3.63) is 63.4 Å². The number of rotatable bonds is 7. The summed E-state index contributed by atoms with van der Waals surface area (Å²) in [7, 11) is 1.50. The number of thioether (sulfide) groups is 1. The van der Waals surface area contributed by atoms with Crippen molar-refractivity contribution >= 4 is 45.9 Å². The molecule has 0 bridgehead atoms. The number of nitrogens with one attached hydrogen (secondary N) is 1. The summed E-state index contributed by atoms with van der Waals surface area (Å²) in [5.41, 5.74) is -1.40. The van der Waals surface area contributed by atoms with E-state index in [9.17, 15) is 22.8 Å². The fraction of sp³-hybridized carbons (Fsp3) is 0.286. The van der Waals surface area contributed by atoms with Crippen molar-refractivity contribution in [3.63, 3.8) is 0 Å². The van der Waals surface area contributed by atoms with Crippen LogP contribution in [0.15, 0.2) is 52.4 Å². The van der Waals surface area contributed by atoms with Crippen molar-refractivity contribution < 1.29 is 22.7 Å². The van der Waals surface area contributed by atoms with Gasteiger partial charge in [0.05, 0.1) is 45.6 Å². The molecule has 1 aromatic heterocycles. The number of hydrogen-bond donors (Lipinski definition) is 1. The third-order valence-corrected chi connectivity index (χ3v) is 5.81. The van der Waals surface area contributed by atoms with Gasteiger partial charge in [0.25, 0.3) is 5.56 Å². The molecule has 0 aliphatic rings. The summed E-state index contributed by atoms with van der Waals surface area (Å²) in [5.74, 6) is -1.01. The van der Waals surface area contributed by atoms with E-state index in [2.05, 4.69) is 10.3 Å². The van der Waals surface area contributed by atoms with Gasteiger partial charge in [0.15, 0.2) is 5.16 Å². The number of aromatic nitrogens is 2. The lowest BCUT2D eigenvalue weighted by Gasteiger charge is -2.19. The highest BCUT2D eigenvalue weighted by Gasteiger charge is 2.34. The Labute approximate surface area is 190 Å². The van der Waals surface area contributed by atoms with Crippen LogP contribution in [0.2, 0.25) is 5.02 Å². The number of anilines is 1. The van der Waals surface area contributed by atoms with Crippen molar-refractivity contribution in [1.82, 2.24) is 9.55 Å². The normalized spacial score (nSPS) is 12.7. The predicted octanol–water partition coefficient (Wildman–Crippen LogP) is 5.01. The summed E-state index contributed by atoms with van der Waals surface area (Å²) in [6, 6.07) is 9.65. The van der Waals surface area contributed by atoms with Crippen LogP contribution in [0.1, 0.15) is 18.5 Å². The van der Waals surface area contributed by atoms with Gasteiger partial charge in [0, 0.05) is 7.11 Å². The Kier molecular flexibility index (Phi) is 7.47. The highest BCUT2D eigenvalue weighted by atomic mass is 35.5. The maximum absolute atomic E-state index is 13.3. The second kappa shape index (κ2) is 9.93. The molecule has 0 aliphatic carbocycles. The molecule has 1 atom stereocenters. The van der Waals surface area contributed by atoms with Crippen molar-refractivity contribution in [2.24, 2.45) is 0 Å². The molecule has 3 aromatic rings. The van der Waals surface area contributed by atoms with Crippen LogP contribution in [0.5, 0.6) is 0 Å². The van der Waals surface area contributed by atoms with Gasteiger partial charge in [-0.1, -0.05) is 41.6 Å². The topological polar surface area (TPSA) is 73.2 Å². The van der Waals surface area contributed by atoms with Gasteiger partial charge < -0.3 is 10.1 Å². The first-order valence-electron chi connectivity index (χ1n) is 9.42. The van der Waals surface area contributed by atoms with Gasteiger partial charge >= 0.3 is 6.18 Å². The molecule has 6 nitrogen and oxygen atoms in total. The van der Waals surface area contributed by atoms with Gasteiger partial charge in [-0.3, -0.25) is 14.2 Å². The van der Waals surface area contributed by atoms with Crippen LogP contribution in [-0.4, -0.2) is 34.9 Å². The first kappa shape index (κ1) is 24.1. The molecule has 1 unspecified atom stereocenters. The number of amides is 1. The molecule has 0 radical (unpaired) electrons. The summed E-state index contributed by atoms with van der Waals surface area (Å²) in [5, 5.41) is 2.67. The van der Waals surface area contributed by atoms with Crippen LogP contribution in [0.3, 0.4) is 0 Å². The van der Waals surface area contributed by atoms with Gasteiger partial charge in [-0.25, -0.2) is 4.98 Å². The third-order valence-electron chi connectivity index (χ3n) is 4.54. The Bertz CT molecular complexity index is 1200. The summed E-state index contributed by atoms with van der Waals surface area (Å²) >= 11 is 6.83. The molecule has 1 heterocycles. The van der Waals surface area contributed by atoms with Crippen LogP contribution in [0, 0.1) is 0 Å². The SMILES string of the molecule is COCC(C)n1c(SCC(=O)Nc2c(Cl)cccc2C(F)(F)F)nc2ccccc2c1=O. The Morgan fingerprint density at radius 2 is 1.97 bits per heavy atom. The number of para-hydroxylation sites is 2. The first-order chi connectivity index (χ1) is 15.1. The zero-order chi connectivity index (χ0) is 23.5. The van der Waals surface area contributed by atoms with Gasteiger partial charge in [-0.15, -0.1) is 0 Å². The molecule has 0 aliphatic heterocycles. The molecule has 11 heteroatoms. The fourth-order valence-electron chi connectivity index (χ4n) is 3.12. The maximum Gasteiger partial charge on any atom is 0.418 e. The van der Waals surface area contributed by atoms with E-state index in [1.54, 1.807) is 31.2 Å². The average Bonchev–Trinajstić information content (AvgIpc) is 2.73. The van der Waals surface area contributed by atoms with E-state index in [4.69, 9.17) is 16.3 Å². The molecule has 0 spiro atoms. The lowest BCUT2D eigenvalue weighted by atomic mass is 10.1. The Hall–Kier alpha value is -2.56. The van der Waals surface area contributed by atoms with Crippen LogP contribution >= 0.6 is 23.4 Å². The van der Waals surface area contributed by atoms with Crippen molar-refractivity contribution in [3.8, 4) is 0 Å². The quantitative estimate of drug-likeness (QED) is 0.376. The van der Waals surface area contributed by atoms with Gasteiger partial charge in [0.2, 0.25) is 5.91 Å². The van der Waals surface area contributed by atoms with Crippen molar-refractivity contribution in [2.75, 3.05) is 24.8 Å². The van der Waals surface area contributed by atoms with E-state index in [0.29, 0.717) is 10.9 Å². The maximum atomic E-state index is 13.3. The molecule has 1 N–H and O–H groups in total. The largest absolute Gasteiger partial charge is 0.418 e. The van der Waals surface area contributed by atoms with E-state index < -0.39 is 23.3 Å². The number of methoxy groups -OCH3 is 1. The minimum atomic E-state index is -4.68. The molecule has 0 fully saturated rings. The minimum absolute atomic E-state index is 0.229. The Balaban J connectivity index is 1.89. The zero-order valence-corrected chi connectivity index (χ0v) is 18.6. The molecule has 0 saturated heterocycles. The summed E-state index contributed by atoms with van der Waals surface area (Å²) in [4.78, 5) is 30.0. The number of ether oxygens (including phenoxy) is 1. The van der Waals surface area contributed by atoms with Gasteiger partial charge in [0.1, 0.15) is 0 Å². The van der Waals surface area contributed by atoms with E-state index in [1.165, 1.54) is 17.7 Å². The second-order valence-corrected chi connectivity index (χ2v) is 8.24. The van der Waals surface area contributed by atoms with Crippen molar-refractivity contribution in [2.45, 2.75) is 24.3 Å². The third kappa shape index (κ3) is 5.25. The van der Waals surface area contributed by atoms with Crippen LogP contribution in [0.25, 0.3) is 10.9 Å². The monoisotopic (exact) mass is 485 g/mol. The number of carbonyl (C=O) groups is 1. The Morgan fingerprint density at radius 3 is 2.66 bits per heavy atom. The average molecular weight is 486 g/mol. The highest BCUT2D eigenvalue weighted by Crippen LogP contribution is 2.38. The molecular formula is C21H19ClF3N3O3S. The predicted molar refractivity (Wildman–Crippen MR) is 118 cm³/mol. The molecule has 3 rings (SSSR count). The number of halogens is 4. The molecule has 170 valence electrons. The molecule has 32 heavy (non-hydrogen) atoms. The minimum Gasteiger partial charge on any atom is -0.383 e. The number of fused-ring (bicyclic) bond motifs is 1. The standard InChI is InChI=1S/C21H19ClF3N3O3S/c1-12(10-31-2)28-19(30)13-6-3-4-9-16(13)26-20(28)32-11-17(29)27-18-14(21(23,24)25)7-5-8-15(18)22/h3-9,12H,10-11H2,1-2H3,(H,27,29). The number of hydrogen-bond acceptors (Lipinski definition) is 5. The van der Waals surface area contributed by atoms with Gasteiger partial charge in [-0.2, -0.15) is 13.2 Å². The smallest absolute Gasteiger partial charge is 0.383 e. The van der Waals surface area contributed by atoms with E-state index >= 15 is 0 Å². The zero-order valence-electron chi connectivity index (χ0n) is 17.1. The molecule has 1 amide bonds. The fourth-order valence-corrected chi connectivity index (χ4v) is 4.24. The van der Waals surface area contributed by atoms with Crippen LogP contribution < -0.4 is 10.9 Å². The van der Waals surface area contributed by atoms with E-state index in [0.717, 1.165) is 23.9 Å². The van der Waals surface area contributed by atoms with Crippen molar-refractivity contribution in [1.29, 1.82) is 0 Å². The lowest BCUT2D eigenvalue weighted by molar-refractivity contribution is -0.137. The Morgan fingerprint density at radius 1 is 1.25 bits per heavy atom. The summed E-state index contributed by atoms with van der Waals surface area (Å²) in [6.45, 7) is 2.00. The first-order valence-corrected chi connectivity index (χ1v) is 10.8. The van der Waals surface area contributed by atoms with Gasteiger partial charge in [-0.05, 0) is 31.2 Å². The number of carbonyl (C=O) groups excluding carboxylic acids is 1. The highest BCUT2D eigenvalue weighted by molar-refractivity contribution is 7.99. The number of alkyl halides is 3. The molecule has 0 saturated carbocycles. The number of benzene rings is 2. The van der Waals surface area contributed by atoms with E-state index in [1.807, 2.05) is 0 Å². The summed E-state index contributed by atoms with van der Waals surface area (Å²) < 4.78 is 46.3. The molecule has 2 aromatic carbocycles. The van der Waals surface area contributed by atoms with E-state index in [-0.39, 0.29) is 34.1 Å². The lowest BCUT2D eigenvalue weighted by Crippen LogP contribution is -2.29.